The molecule has 0 radical (unpaired) electrons. The molecule has 0 aliphatic heterocycles. The fourth-order valence-corrected chi connectivity index (χ4v) is 2.82. The molecule has 0 aliphatic rings. The first-order chi connectivity index (χ1) is 11.5. The Morgan fingerprint density at radius 3 is 2.17 bits per heavy atom. The van der Waals surface area contributed by atoms with E-state index in [1.807, 2.05) is 19.3 Å². The summed E-state index contributed by atoms with van der Waals surface area (Å²) in [5.74, 6) is 0. The summed E-state index contributed by atoms with van der Waals surface area (Å²) in [5.41, 5.74) is 5.92. The summed E-state index contributed by atoms with van der Waals surface area (Å²) < 4.78 is 0. The van der Waals surface area contributed by atoms with Crippen LogP contribution >= 0.6 is 0 Å². The zero-order chi connectivity index (χ0) is 17.1. The third kappa shape index (κ3) is 3.43. The van der Waals surface area contributed by atoms with Gasteiger partial charge in [0.05, 0.1) is 5.52 Å². The van der Waals surface area contributed by atoms with Crippen molar-refractivity contribution in [3.05, 3.63) is 83.3 Å². The van der Waals surface area contributed by atoms with Crippen molar-refractivity contribution in [2.45, 2.75) is 27.7 Å². The normalized spacial score (nSPS) is 10.5. The highest BCUT2D eigenvalue weighted by atomic mass is 14.7. The van der Waals surface area contributed by atoms with Crippen LogP contribution in [0.2, 0.25) is 0 Å². The first-order valence-corrected chi connectivity index (χ1v) is 8.18. The van der Waals surface area contributed by atoms with Crippen LogP contribution < -0.4 is 0 Å². The second-order valence-corrected chi connectivity index (χ2v) is 6.28. The second-order valence-electron chi connectivity index (χ2n) is 6.28. The van der Waals surface area contributed by atoms with E-state index >= 15 is 0 Å². The number of benzene rings is 2. The summed E-state index contributed by atoms with van der Waals surface area (Å²) in [7, 11) is 0. The van der Waals surface area contributed by atoms with Crippen molar-refractivity contribution in [3.63, 3.8) is 0 Å². The molecule has 2 heteroatoms. The van der Waals surface area contributed by atoms with Crippen molar-refractivity contribution in [1.29, 1.82) is 0 Å². The van der Waals surface area contributed by atoms with Crippen LogP contribution in [0.3, 0.4) is 0 Å². The van der Waals surface area contributed by atoms with Crippen molar-refractivity contribution in [3.8, 4) is 0 Å². The predicted octanol–water partition coefficient (Wildman–Crippen LogP) is 5.70. The number of hydrogen-bond donors (Lipinski definition) is 0. The van der Waals surface area contributed by atoms with Gasteiger partial charge >= 0.3 is 0 Å². The molecule has 2 nitrogen and oxygen atoms in total. The maximum absolute atomic E-state index is 4.34. The molecule has 0 unspecified atom stereocenters. The van der Waals surface area contributed by atoms with Crippen LogP contribution in [-0.4, -0.2) is 9.97 Å². The Labute approximate surface area is 143 Å². The lowest BCUT2D eigenvalue weighted by molar-refractivity contribution is 1.21. The van der Waals surface area contributed by atoms with Crippen molar-refractivity contribution in [2.75, 3.05) is 0 Å². The number of aryl methyl sites for hydroxylation is 4. The standard InChI is InChI=1S/2C11H11N/c1-8-3-4-10-5-9(2)7-12-11(10)6-8;1-8-7-12-9(2)11-6-4-3-5-10(8)11/h2*3-7H,1-2H3. The van der Waals surface area contributed by atoms with Crippen molar-refractivity contribution >= 4 is 21.7 Å². The molecule has 0 aliphatic carbocycles. The van der Waals surface area contributed by atoms with Crippen molar-refractivity contribution < 1.29 is 0 Å². The van der Waals surface area contributed by atoms with E-state index in [2.05, 4.69) is 79.3 Å². The van der Waals surface area contributed by atoms with Crippen LogP contribution in [0, 0.1) is 27.7 Å². The van der Waals surface area contributed by atoms with E-state index in [0.29, 0.717) is 0 Å². The Hall–Kier alpha value is -2.74. The van der Waals surface area contributed by atoms with Gasteiger partial charge in [0.1, 0.15) is 0 Å². The van der Waals surface area contributed by atoms with Crippen LogP contribution in [0.15, 0.2) is 60.9 Å². The summed E-state index contributed by atoms with van der Waals surface area (Å²) in [4.78, 5) is 8.65. The minimum Gasteiger partial charge on any atom is -0.261 e. The summed E-state index contributed by atoms with van der Waals surface area (Å²) in [5, 5.41) is 3.79. The van der Waals surface area contributed by atoms with Crippen LogP contribution in [0.5, 0.6) is 0 Å². The van der Waals surface area contributed by atoms with Gasteiger partial charge in [-0.1, -0.05) is 36.4 Å². The van der Waals surface area contributed by atoms with Gasteiger partial charge < -0.3 is 0 Å². The van der Waals surface area contributed by atoms with Gasteiger partial charge in [-0.05, 0) is 61.9 Å². The summed E-state index contributed by atoms with van der Waals surface area (Å²) in [6, 6.07) is 16.9. The maximum atomic E-state index is 4.34. The zero-order valence-electron chi connectivity index (χ0n) is 14.7. The molecule has 120 valence electrons. The number of nitrogens with zero attached hydrogens (tertiary/aromatic N) is 2. The van der Waals surface area contributed by atoms with E-state index in [-0.39, 0.29) is 0 Å². The number of hydrogen-bond acceptors (Lipinski definition) is 2. The van der Waals surface area contributed by atoms with Gasteiger partial charge in [0.15, 0.2) is 0 Å². The van der Waals surface area contributed by atoms with Gasteiger partial charge in [-0.3, -0.25) is 9.97 Å². The van der Waals surface area contributed by atoms with E-state index in [1.54, 1.807) is 0 Å². The highest BCUT2D eigenvalue weighted by Crippen LogP contribution is 2.19. The molecule has 0 fully saturated rings. The first kappa shape index (κ1) is 16.1. The molecule has 2 aromatic heterocycles. The number of aromatic nitrogens is 2. The Balaban J connectivity index is 0.000000141. The van der Waals surface area contributed by atoms with Crippen LogP contribution in [-0.2, 0) is 0 Å². The van der Waals surface area contributed by atoms with Gasteiger partial charge in [-0.2, -0.15) is 0 Å². The number of pyridine rings is 2. The Morgan fingerprint density at radius 1 is 0.667 bits per heavy atom. The molecule has 0 saturated heterocycles. The molecule has 0 amide bonds. The SMILES string of the molecule is Cc1cnc(C)c2ccccc12.Cc1cnc2cc(C)ccc2c1. The lowest BCUT2D eigenvalue weighted by Crippen LogP contribution is -1.86. The molecular weight excluding hydrogens is 292 g/mol. The van der Waals surface area contributed by atoms with Crippen LogP contribution in [0.1, 0.15) is 22.4 Å². The molecule has 2 heterocycles. The van der Waals surface area contributed by atoms with E-state index < -0.39 is 0 Å². The molecular formula is C22H22N2. The molecule has 24 heavy (non-hydrogen) atoms. The monoisotopic (exact) mass is 314 g/mol. The van der Waals surface area contributed by atoms with Crippen molar-refractivity contribution in [2.24, 2.45) is 0 Å². The Bertz CT molecular complexity index is 921. The minimum absolute atomic E-state index is 1.08. The molecule has 2 aromatic carbocycles. The van der Waals surface area contributed by atoms with Gasteiger partial charge in [-0.25, -0.2) is 0 Å². The van der Waals surface area contributed by atoms with E-state index in [4.69, 9.17) is 0 Å². The first-order valence-electron chi connectivity index (χ1n) is 8.18. The molecule has 0 bridgehead atoms. The van der Waals surface area contributed by atoms with Gasteiger partial charge in [-0.15, -0.1) is 0 Å². The lowest BCUT2D eigenvalue weighted by Gasteiger charge is -2.02. The zero-order valence-corrected chi connectivity index (χ0v) is 14.7. The highest BCUT2D eigenvalue weighted by molar-refractivity contribution is 5.86. The van der Waals surface area contributed by atoms with Crippen LogP contribution in [0.25, 0.3) is 21.7 Å². The molecule has 0 spiro atoms. The molecule has 4 aromatic rings. The second kappa shape index (κ2) is 6.79. The average Bonchev–Trinajstić information content (AvgIpc) is 2.59. The van der Waals surface area contributed by atoms with E-state index in [1.165, 1.54) is 32.8 Å². The minimum atomic E-state index is 1.08. The topological polar surface area (TPSA) is 25.8 Å². The van der Waals surface area contributed by atoms with E-state index in [0.717, 1.165) is 11.2 Å². The molecule has 0 saturated carbocycles. The average molecular weight is 314 g/mol. The quantitative estimate of drug-likeness (QED) is 0.416. The largest absolute Gasteiger partial charge is 0.261 e. The predicted molar refractivity (Wildman–Crippen MR) is 102 cm³/mol. The maximum Gasteiger partial charge on any atom is 0.0704 e. The van der Waals surface area contributed by atoms with E-state index in [9.17, 15) is 0 Å². The molecule has 4 rings (SSSR count). The lowest BCUT2D eigenvalue weighted by atomic mass is 10.1. The fourth-order valence-electron chi connectivity index (χ4n) is 2.82. The van der Waals surface area contributed by atoms with Gasteiger partial charge in [0.2, 0.25) is 0 Å². The fraction of sp³-hybridized carbons (Fsp3) is 0.182. The summed E-state index contributed by atoms with van der Waals surface area (Å²) in [6.07, 6.45) is 3.83. The Kier molecular flexibility index (Phi) is 4.57. The van der Waals surface area contributed by atoms with Gasteiger partial charge in [0.25, 0.3) is 0 Å². The molecule has 0 N–H and O–H groups in total. The summed E-state index contributed by atoms with van der Waals surface area (Å²) in [6.45, 7) is 8.28. The molecule has 0 atom stereocenters. The Morgan fingerprint density at radius 2 is 1.42 bits per heavy atom. The van der Waals surface area contributed by atoms with Crippen LogP contribution in [0.4, 0.5) is 0 Å². The third-order valence-corrected chi connectivity index (χ3v) is 4.17. The van der Waals surface area contributed by atoms with Crippen molar-refractivity contribution in [1.82, 2.24) is 9.97 Å². The smallest absolute Gasteiger partial charge is 0.0704 e. The van der Waals surface area contributed by atoms with Gasteiger partial charge in [0, 0.05) is 28.9 Å². The summed E-state index contributed by atoms with van der Waals surface area (Å²) >= 11 is 0. The highest BCUT2D eigenvalue weighted by Gasteiger charge is 1.98. The number of fused-ring (bicyclic) bond motifs is 2. The third-order valence-electron chi connectivity index (χ3n) is 4.17. The number of rotatable bonds is 0.